The molecule has 0 bridgehead atoms. The number of halogens is 1. The van der Waals surface area contributed by atoms with Crippen LogP contribution in [0.3, 0.4) is 0 Å². The second kappa shape index (κ2) is 6.04. The molecule has 7 nitrogen and oxygen atoms in total. The van der Waals surface area contributed by atoms with Crippen LogP contribution in [0.1, 0.15) is 35.8 Å². The lowest BCUT2D eigenvalue weighted by Gasteiger charge is -2.04. The van der Waals surface area contributed by atoms with E-state index in [1.54, 1.807) is 6.07 Å². The molecule has 0 atom stereocenters. The van der Waals surface area contributed by atoms with Gasteiger partial charge in [0.25, 0.3) is 11.6 Å². The number of nitrogens with one attached hydrogen (secondary N) is 2. The summed E-state index contributed by atoms with van der Waals surface area (Å²) in [7, 11) is 0. The largest absolute Gasteiger partial charge is 0.305 e. The predicted molar refractivity (Wildman–Crippen MR) is 81.4 cm³/mol. The maximum atomic E-state index is 12.2. The average molecular weight is 353 g/mol. The van der Waals surface area contributed by atoms with Gasteiger partial charge in [-0.2, -0.15) is 5.10 Å². The highest BCUT2D eigenvalue weighted by atomic mass is 79.9. The van der Waals surface area contributed by atoms with Gasteiger partial charge >= 0.3 is 0 Å². The van der Waals surface area contributed by atoms with Gasteiger partial charge in [-0.25, -0.2) is 0 Å². The number of nitro benzene ring substituents is 1. The Bertz CT molecular complexity index is 696. The minimum Gasteiger partial charge on any atom is -0.305 e. The lowest BCUT2D eigenvalue weighted by molar-refractivity contribution is -0.385. The Balaban J connectivity index is 2.24. The monoisotopic (exact) mass is 352 g/mol. The molecule has 0 spiro atoms. The van der Waals surface area contributed by atoms with Gasteiger partial charge < -0.3 is 5.32 Å². The van der Waals surface area contributed by atoms with Gasteiger partial charge in [0.05, 0.1) is 10.5 Å². The number of benzene rings is 1. The van der Waals surface area contributed by atoms with E-state index in [4.69, 9.17) is 0 Å². The lowest BCUT2D eigenvalue weighted by atomic mass is 10.1. The molecule has 0 radical (unpaired) electrons. The number of carbonyl (C=O) groups excluding carboxylic acids is 1. The van der Waals surface area contributed by atoms with Crippen molar-refractivity contribution in [3.63, 3.8) is 0 Å². The molecule has 110 valence electrons. The van der Waals surface area contributed by atoms with Gasteiger partial charge in [0.15, 0.2) is 5.82 Å². The van der Waals surface area contributed by atoms with Crippen LogP contribution in [0.4, 0.5) is 11.5 Å². The van der Waals surface area contributed by atoms with Gasteiger partial charge in [-0.05, 0) is 27.9 Å². The van der Waals surface area contributed by atoms with Crippen LogP contribution in [0.15, 0.2) is 28.7 Å². The summed E-state index contributed by atoms with van der Waals surface area (Å²) in [6.07, 6.45) is 0. The van der Waals surface area contributed by atoms with Crippen molar-refractivity contribution in [3.8, 4) is 0 Å². The van der Waals surface area contributed by atoms with E-state index in [1.165, 1.54) is 18.2 Å². The molecule has 1 aromatic heterocycles. The molecule has 0 unspecified atom stereocenters. The number of carbonyl (C=O) groups is 1. The summed E-state index contributed by atoms with van der Waals surface area (Å²) < 4.78 is 0.145. The summed E-state index contributed by atoms with van der Waals surface area (Å²) in [5, 5.41) is 20.3. The fraction of sp³-hybridized carbons (Fsp3) is 0.231. The quantitative estimate of drug-likeness (QED) is 0.649. The number of nitrogens with zero attached hydrogens (tertiary/aromatic N) is 2. The second-order valence-electron chi connectivity index (χ2n) is 4.71. The molecule has 0 aliphatic carbocycles. The summed E-state index contributed by atoms with van der Waals surface area (Å²) in [6, 6.07) is 6.02. The van der Waals surface area contributed by atoms with Crippen molar-refractivity contribution in [2.45, 2.75) is 19.8 Å². The van der Waals surface area contributed by atoms with Crippen molar-refractivity contribution < 1.29 is 9.72 Å². The maximum absolute atomic E-state index is 12.2. The molecular formula is C13H13BrN4O3. The third kappa shape index (κ3) is 3.27. The molecular weight excluding hydrogens is 340 g/mol. The number of hydrogen-bond acceptors (Lipinski definition) is 4. The van der Waals surface area contributed by atoms with Gasteiger partial charge in [0, 0.05) is 17.8 Å². The summed E-state index contributed by atoms with van der Waals surface area (Å²) in [4.78, 5) is 22.5. The van der Waals surface area contributed by atoms with Crippen LogP contribution in [0.5, 0.6) is 0 Å². The van der Waals surface area contributed by atoms with Crippen molar-refractivity contribution >= 4 is 33.3 Å². The third-order valence-electron chi connectivity index (χ3n) is 2.88. The van der Waals surface area contributed by atoms with E-state index in [9.17, 15) is 14.9 Å². The van der Waals surface area contributed by atoms with Crippen molar-refractivity contribution in [2.75, 3.05) is 5.32 Å². The number of anilines is 1. The van der Waals surface area contributed by atoms with E-state index in [-0.39, 0.29) is 21.6 Å². The van der Waals surface area contributed by atoms with E-state index in [0.29, 0.717) is 5.82 Å². The van der Waals surface area contributed by atoms with Gasteiger partial charge in [-0.3, -0.25) is 20.0 Å². The summed E-state index contributed by atoms with van der Waals surface area (Å²) in [5.41, 5.74) is 0.911. The molecule has 8 heteroatoms. The van der Waals surface area contributed by atoms with Crippen LogP contribution in [0, 0.1) is 10.1 Å². The van der Waals surface area contributed by atoms with E-state index < -0.39 is 10.8 Å². The molecule has 0 aliphatic rings. The first-order valence-electron chi connectivity index (χ1n) is 6.19. The Morgan fingerprint density at radius 2 is 2.19 bits per heavy atom. The zero-order valence-electron chi connectivity index (χ0n) is 11.4. The molecule has 1 heterocycles. The van der Waals surface area contributed by atoms with Gasteiger partial charge in [-0.15, -0.1) is 0 Å². The van der Waals surface area contributed by atoms with Crippen LogP contribution in [-0.4, -0.2) is 21.0 Å². The van der Waals surface area contributed by atoms with E-state index >= 15 is 0 Å². The Hall–Kier alpha value is -2.22. The Morgan fingerprint density at radius 3 is 2.76 bits per heavy atom. The normalized spacial score (nSPS) is 10.7. The average Bonchev–Trinajstić information content (AvgIpc) is 2.87. The first-order valence-corrected chi connectivity index (χ1v) is 6.99. The summed E-state index contributed by atoms with van der Waals surface area (Å²) >= 11 is 3.09. The fourth-order valence-electron chi connectivity index (χ4n) is 1.72. The molecule has 0 saturated carbocycles. The number of nitro groups is 1. The number of rotatable bonds is 4. The van der Waals surface area contributed by atoms with Crippen LogP contribution >= 0.6 is 15.9 Å². The molecule has 21 heavy (non-hydrogen) atoms. The first kappa shape index (κ1) is 15.2. The highest BCUT2D eigenvalue weighted by molar-refractivity contribution is 9.10. The van der Waals surface area contributed by atoms with Crippen molar-refractivity contribution in [3.05, 3.63) is 50.1 Å². The molecule has 1 amide bonds. The second-order valence-corrected chi connectivity index (χ2v) is 5.51. The summed E-state index contributed by atoms with van der Waals surface area (Å²) in [5.74, 6) is 0.169. The van der Waals surface area contributed by atoms with Crippen LogP contribution in [0.25, 0.3) is 0 Å². The van der Waals surface area contributed by atoms with Crippen LogP contribution in [-0.2, 0) is 0 Å². The predicted octanol–water partition coefficient (Wildman–Crippen LogP) is 3.46. The van der Waals surface area contributed by atoms with E-state index in [1.807, 2.05) is 13.8 Å². The number of amides is 1. The minimum atomic E-state index is -0.549. The van der Waals surface area contributed by atoms with Gasteiger partial charge in [0.1, 0.15) is 4.47 Å². The zero-order valence-corrected chi connectivity index (χ0v) is 13.0. The molecule has 0 fully saturated rings. The van der Waals surface area contributed by atoms with E-state index in [2.05, 4.69) is 31.4 Å². The number of H-pyrrole nitrogens is 1. The third-order valence-corrected chi connectivity index (χ3v) is 3.71. The highest BCUT2D eigenvalue weighted by Gasteiger charge is 2.20. The van der Waals surface area contributed by atoms with Crippen LogP contribution < -0.4 is 5.32 Å². The number of hydrogen-bond donors (Lipinski definition) is 2. The molecule has 2 aromatic rings. The number of aromatic nitrogens is 2. The van der Waals surface area contributed by atoms with Crippen molar-refractivity contribution in [2.24, 2.45) is 0 Å². The molecule has 2 N–H and O–H groups in total. The summed E-state index contributed by atoms with van der Waals surface area (Å²) in [6.45, 7) is 3.99. The Labute approximate surface area is 129 Å². The fourth-order valence-corrected chi connectivity index (χ4v) is 2.31. The Morgan fingerprint density at radius 1 is 1.48 bits per heavy atom. The maximum Gasteiger partial charge on any atom is 0.284 e. The first-order chi connectivity index (χ1) is 9.90. The van der Waals surface area contributed by atoms with Gasteiger partial charge in [-0.1, -0.05) is 19.9 Å². The minimum absolute atomic E-state index is 0.145. The lowest BCUT2D eigenvalue weighted by Crippen LogP contribution is -2.13. The topological polar surface area (TPSA) is 101 Å². The van der Waals surface area contributed by atoms with Crippen molar-refractivity contribution in [1.82, 2.24) is 10.2 Å². The van der Waals surface area contributed by atoms with E-state index in [0.717, 1.165) is 5.69 Å². The molecule has 2 rings (SSSR count). The Kier molecular flexibility index (Phi) is 4.37. The van der Waals surface area contributed by atoms with Crippen LogP contribution in [0.2, 0.25) is 0 Å². The highest BCUT2D eigenvalue weighted by Crippen LogP contribution is 2.28. The molecule has 0 saturated heterocycles. The SMILES string of the molecule is CC(C)c1cc(NC(=O)c2cccc([N+](=O)[O-])c2Br)n[nH]1. The smallest absolute Gasteiger partial charge is 0.284 e. The van der Waals surface area contributed by atoms with Crippen molar-refractivity contribution in [1.29, 1.82) is 0 Å². The molecule has 1 aromatic carbocycles. The number of aromatic amines is 1. The standard InChI is InChI=1S/C13H13BrN4O3/c1-7(2)9-6-11(17-16-9)15-13(19)8-4-3-5-10(12(8)14)18(20)21/h3-7H,1-2H3,(H2,15,16,17,19). The van der Waals surface area contributed by atoms with Gasteiger partial charge in [0.2, 0.25) is 0 Å². The molecule has 0 aliphatic heterocycles. The zero-order chi connectivity index (χ0) is 15.6.